The number of ether oxygens (including phenoxy) is 2. The second-order valence-corrected chi connectivity index (χ2v) is 5.01. The maximum absolute atomic E-state index is 12.5. The Morgan fingerprint density at radius 3 is 3.00 bits per heavy atom. The molecule has 1 aromatic carbocycles. The number of fused-ring (bicyclic) bond motifs is 4. The van der Waals surface area contributed by atoms with Gasteiger partial charge in [-0.2, -0.15) is 0 Å². The minimum atomic E-state index is -0.00998. The van der Waals surface area contributed by atoms with Gasteiger partial charge in [-0.15, -0.1) is 0 Å². The number of nitrogens with zero attached hydrogens (tertiary/aromatic N) is 1. The molecular formula is C16H13NO3. The first kappa shape index (κ1) is 11.3. The maximum Gasteiger partial charge on any atom is 0.258 e. The summed E-state index contributed by atoms with van der Waals surface area (Å²) in [7, 11) is 1.79. The molecular weight excluding hydrogens is 254 g/mol. The zero-order valence-corrected chi connectivity index (χ0v) is 11.1. The monoisotopic (exact) mass is 267 g/mol. The lowest BCUT2D eigenvalue weighted by Gasteiger charge is -2.25. The lowest BCUT2D eigenvalue weighted by molar-refractivity contribution is 0.263. The molecule has 0 N–H and O–H groups in total. The molecule has 0 bridgehead atoms. The predicted octanol–water partition coefficient (Wildman–Crippen LogP) is 2.27. The Bertz CT molecular complexity index is 843. The van der Waals surface area contributed by atoms with Gasteiger partial charge in [-0.3, -0.25) is 4.79 Å². The lowest BCUT2D eigenvalue weighted by atomic mass is 9.98. The van der Waals surface area contributed by atoms with E-state index in [-0.39, 0.29) is 5.56 Å². The minimum absolute atomic E-state index is 0.00998. The van der Waals surface area contributed by atoms with E-state index in [1.807, 2.05) is 30.3 Å². The third-order valence-corrected chi connectivity index (χ3v) is 3.83. The van der Waals surface area contributed by atoms with Crippen molar-refractivity contribution in [2.24, 2.45) is 7.05 Å². The first-order chi connectivity index (χ1) is 9.75. The number of hydrogen-bond acceptors (Lipinski definition) is 3. The molecule has 20 heavy (non-hydrogen) atoms. The van der Waals surface area contributed by atoms with Crippen LogP contribution < -0.4 is 10.3 Å². The summed E-state index contributed by atoms with van der Waals surface area (Å²) in [5.74, 6) is 1.50. The molecule has 3 heterocycles. The highest BCUT2D eigenvalue weighted by Crippen LogP contribution is 2.37. The summed E-state index contributed by atoms with van der Waals surface area (Å²) in [6.07, 6.45) is 4.15. The smallest absolute Gasteiger partial charge is 0.258 e. The van der Waals surface area contributed by atoms with Crippen LogP contribution in [-0.4, -0.2) is 11.2 Å². The van der Waals surface area contributed by atoms with Gasteiger partial charge < -0.3 is 14.0 Å². The van der Waals surface area contributed by atoms with Gasteiger partial charge in [-0.05, 0) is 18.2 Å². The van der Waals surface area contributed by atoms with Gasteiger partial charge in [0.05, 0.1) is 17.3 Å². The predicted molar refractivity (Wildman–Crippen MR) is 75.6 cm³/mol. The van der Waals surface area contributed by atoms with Crippen molar-refractivity contribution in [1.82, 2.24) is 4.57 Å². The van der Waals surface area contributed by atoms with E-state index in [2.05, 4.69) is 0 Å². The van der Waals surface area contributed by atoms with Crippen LogP contribution in [0, 0.1) is 0 Å². The summed E-state index contributed by atoms with van der Waals surface area (Å²) >= 11 is 0. The first-order valence-electron chi connectivity index (χ1n) is 6.55. The lowest BCUT2D eigenvalue weighted by Crippen LogP contribution is -2.27. The molecule has 0 unspecified atom stereocenters. The molecule has 2 aromatic rings. The van der Waals surface area contributed by atoms with Crippen LogP contribution in [0.25, 0.3) is 10.9 Å². The zero-order valence-electron chi connectivity index (χ0n) is 11.1. The Kier molecular flexibility index (Phi) is 2.27. The van der Waals surface area contributed by atoms with Crippen molar-refractivity contribution < 1.29 is 9.47 Å². The van der Waals surface area contributed by atoms with Crippen molar-refractivity contribution in [3.05, 3.63) is 63.9 Å². The molecule has 0 fully saturated rings. The van der Waals surface area contributed by atoms with Crippen molar-refractivity contribution >= 4 is 10.9 Å². The normalized spacial score (nSPS) is 16.4. The van der Waals surface area contributed by atoms with Gasteiger partial charge in [0.15, 0.2) is 0 Å². The number of allylic oxidation sites excluding steroid dienone is 1. The van der Waals surface area contributed by atoms with Gasteiger partial charge in [0.25, 0.3) is 5.56 Å². The van der Waals surface area contributed by atoms with Gasteiger partial charge in [-0.1, -0.05) is 12.1 Å². The molecule has 0 saturated heterocycles. The SMILES string of the molecule is Cn1c(=O)c2c(c3ccccc31)OC1=CCOC=C1C2. The topological polar surface area (TPSA) is 40.5 Å². The second-order valence-electron chi connectivity index (χ2n) is 5.01. The van der Waals surface area contributed by atoms with E-state index in [1.54, 1.807) is 17.9 Å². The first-order valence-corrected chi connectivity index (χ1v) is 6.55. The minimum Gasteiger partial charge on any atom is -0.497 e. The summed E-state index contributed by atoms with van der Waals surface area (Å²) in [6, 6.07) is 7.81. The van der Waals surface area contributed by atoms with Crippen molar-refractivity contribution in [2.45, 2.75) is 6.42 Å². The second kappa shape index (κ2) is 4.00. The van der Waals surface area contributed by atoms with E-state index in [0.29, 0.717) is 24.3 Å². The molecule has 0 amide bonds. The molecule has 4 heteroatoms. The molecule has 4 rings (SSSR count). The molecule has 0 radical (unpaired) electrons. The van der Waals surface area contributed by atoms with Crippen LogP contribution >= 0.6 is 0 Å². The van der Waals surface area contributed by atoms with Crippen LogP contribution in [0.3, 0.4) is 0 Å². The summed E-state index contributed by atoms with van der Waals surface area (Å²) < 4.78 is 12.9. The Hall–Kier alpha value is -2.49. The van der Waals surface area contributed by atoms with E-state index >= 15 is 0 Å². The number of aromatic nitrogens is 1. The number of para-hydroxylation sites is 1. The van der Waals surface area contributed by atoms with Crippen molar-refractivity contribution in [2.75, 3.05) is 6.61 Å². The standard InChI is InChI=1S/C16H13NO3/c1-17-13-5-3-2-4-11(13)15-12(16(17)18)8-10-9-19-7-6-14(10)20-15/h2-6,9H,7-8H2,1H3. The Morgan fingerprint density at radius 1 is 1.25 bits per heavy atom. The fourth-order valence-electron chi connectivity index (χ4n) is 2.80. The van der Waals surface area contributed by atoms with Gasteiger partial charge in [-0.25, -0.2) is 0 Å². The van der Waals surface area contributed by atoms with Crippen molar-refractivity contribution in [3.63, 3.8) is 0 Å². The fraction of sp³-hybridized carbons (Fsp3) is 0.188. The van der Waals surface area contributed by atoms with Crippen molar-refractivity contribution in [1.29, 1.82) is 0 Å². The molecule has 0 spiro atoms. The molecule has 1 aromatic heterocycles. The molecule has 0 atom stereocenters. The van der Waals surface area contributed by atoms with Crippen molar-refractivity contribution in [3.8, 4) is 5.75 Å². The highest BCUT2D eigenvalue weighted by molar-refractivity contribution is 5.87. The van der Waals surface area contributed by atoms with Crippen LogP contribution in [0.2, 0.25) is 0 Å². The third-order valence-electron chi connectivity index (χ3n) is 3.83. The van der Waals surface area contributed by atoms with Crippen LogP contribution in [0.4, 0.5) is 0 Å². The molecule has 0 saturated carbocycles. The average molecular weight is 267 g/mol. The van der Waals surface area contributed by atoms with Crippen LogP contribution in [0.1, 0.15) is 5.56 Å². The van der Waals surface area contributed by atoms with Crippen LogP contribution in [-0.2, 0) is 18.2 Å². The fourth-order valence-corrected chi connectivity index (χ4v) is 2.80. The maximum atomic E-state index is 12.5. The number of benzene rings is 1. The third kappa shape index (κ3) is 1.45. The summed E-state index contributed by atoms with van der Waals surface area (Å²) in [5, 5.41) is 0.969. The Balaban J connectivity index is 2.07. The number of hydrogen-bond donors (Lipinski definition) is 0. The van der Waals surface area contributed by atoms with E-state index in [1.165, 1.54) is 0 Å². The largest absolute Gasteiger partial charge is 0.497 e. The van der Waals surface area contributed by atoms with Crippen LogP contribution in [0.5, 0.6) is 5.75 Å². The van der Waals surface area contributed by atoms with E-state index in [0.717, 1.165) is 22.2 Å². The number of pyridine rings is 1. The van der Waals surface area contributed by atoms with Gasteiger partial charge >= 0.3 is 0 Å². The summed E-state index contributed by atoms with van der Waals surface area (Å²) in [5.41, 5.74) is 2.50. The molecule has 4 nitrogen and oxygen atoms in total. The Morgan fingerprint density at radius 2 is 2.10 bits per heavy atom. The van der Waals surface area contributed by atoms with Crippen LogP contribution in [0.15, 0.2) is 52.7 Å². The van der Waals surface area contributed by atoms with E-state index in [9.17, 15) is 4.79 Å². The average Bonchev–Trinajstić information content (AvgIpc) is 2.51. The summed E-state index contributed by atoms with van der Waals surface area (Å²) in [6.45, 7) is 0.511. The number of rotatable bonds is 0. The molecule has 2 aliphatic heterocycles. The highest BCUT2D eigenvalue weighted by atomic mass is 16.5. The molecule has 100 valence electrons. The van der Waals surface area contributed by atoms with Gasteiger partial charge in [0.1, 0.15) is 18.1 Å². The molecule has 2 aliphatic rings. The highest BCUT2D eigenvalue weighted by Gasteiger charge is 2.26. The van der Waals surface area contributed by atoms with Gasteiger partial charge in [0.2, 0.25) is 0 Å². The number of aryl methyl sites for hydroxylation is 1. The summed E-state index contributed by atoms with van der Waals surface area (Å²) in [4.78, 5) is 12.5. The quantitative estimate of drug-likeness (QED) is 0.735. The zero-order chi connectivity index (χ0) is 13.7. The van der Waals surface area contributed by atoms with E-state index in [4.69, 9.17) is 9.47 Å². The molecule has 0 aliphatic carbocycles. The Labute approximate surface area is 115 Å². The van der Waals surface area contributed by atoms with Gasteiger partial charge in [0, 0.05) is 24.4 Å². The van der Waals surface area contributed by atoms with E-state index < -0.39 is 0 Å².